The highest BCUT2D eigenvalue weighted by Gasteiger charge is 2.26. The lowest BCUT2D eigenvalue weighted by Gasteiger charge is -2.32. The fraction of sp³-hybridized carbons (Fsp3) is 0.458. The van der Waals surface area contributed by atoms with Crippen LogP contribution < -0.4 is 5.32 Å². The predicted octanol–water partition coefficient (Wildman–Crippen LogP) is 3.51. The van der Waals surface area contributed by atoms with E-state index in [1.165, 1.54) is 18.9 Å². The zero-order chi connectivity index (χ0) is 21.9. The maximum Gasteiger partial charge on any atom is 0.236 e. The smallest absolute Gasteiger partial charge is 0.236 e. The highest BCUT2D eigenvalue weighted by Crippen LogP contribution is 2.29. The van der Waals surface area contributed by atoms with Crippen LogP contribution in [0.1, 0.15) is 42.9 Å². The fourth-order valence-electron chi connectivity index (χ4n) is 4.76. The maximum absolute atomic E-state index is 13.9. The normalized spacial score (nSPS) is 17.8. The third-order valence-corrected chi connectivity index (χ3v) is 6.67. The summed E-state index contributed by atoms with van der Waals surface area (Å²) in [6.07, 6.45) is 4.27. The molecule has 2 aliphatic rings. The van der Waals surface area contributed by atoms with Gasteiger partial charge in [0.15, 0.2) is 11.5 Å². The monoisotopic (exact) mass is 436 g/mol. The van der Waals surface area contributed by atoms with Gasteiger partial charge in [-0.1, -0.05) is 18.2 Å². The van der Waals surface area contributed by atoms with E-state index in [-0.39, 0.29) is 11.7 Å². The lowest BCUT2D eigenvalue weighted by molar-refractivity contribution is -0.133. The third kappa shape index (κ3) is 4.46. The van der Waals surface area contributed by atoms with E-state index in [0.717, 1.165) is 55.7 Å². The molecule has 0 unspecified atom stereocenters. The molecular weight excluding hydrogens is 407 g/mol. The van der Waals surface area contributed by atoms with Gasteiger partial charge in [0.25, 0.3) is 0 Å². The van der Waals surface area contributed by atoms with Crippen LogP contribution in [-0.4, -0.2) is 63.6 Å². The van der Waals surface area contributed by atoms with E-state index in [0.29, 0.717) is 30.4 Å². The number of fused-ring (bicyclic) bond motifs is 1. The van der Waals surface area contributed by atoms with Gasteiger partial charge in [0.05, 0.1) is 11.9 Å². The van der Waals surface area contributed by atoms with Crippen molar-refractivity contribution in [3.63, 3.8) is 0 Å². The number of amides is 1. The molecule has 0 spiro atoms. The summed E-state index contributed by atoms with van der Waals surface area (Å²) >= 11 is 0. The van der Waals surface area contributed by atoms with Crippen LogP contribution in [0.15, 0.2) is 36.4 Å². The highest BCUT2D eigenvalue weighted by molar-refractivity contribution is 5.87. The molecule has 0 aliphatic carbocycles. The van der Waals surface area contributed by atoms with Crippen LogP contribution in [0.5, 0.6) is 0 Å². The number of hydrogen-bond donors (Lipinski definition) is 2. The molecule has 2 aliphatic heterocycles. The Morgan fingerprint density at radius 3 is 2.66 bits per heavy atom. The third-order valence-electron chi connectivity index (χ3n) is 6.67. The van der Waals surface area contributed by atoms with E-state index in [4.69, 9.17) is 4.98 Å². The number of carbonyl (C=O) groups excluding carboxylic acids is 1. The van der Waals surface area contributed by atoms with E-state index < -0.39 is 0 Å². The Morgan fingerprint density at radius 1 is 1.09 bits per heavy atom. The molecule has 8 heteroatoms. The molecule has 0 radical (unpaired) electrons. The van der Waals surface area contributed by atoms with Crippen LogP contribution >= 0.6 is 0 Å². The van der Waals surface area contributed by atoms with Gasteiger partial charge in [0.2, 0.25) is 5.91 Å². The van der Waals surface area contributed by atoms with E-state index in [1.54, 1.807) is 12.1 Å². The minimum absolute atomic E-state index is 0.231. The van der Waals surface area contributed by atoms with E-state index in [9.17, 15) is 9.18 Å². The number of halogens is 1. The number of carbonyl (C=O) groups is 1. The number of aromatic amines is 1. The quantitative estimate of drug-likeness (QED) is 0.618. The van der Waals surface area contributed by atoms with Crippen LogP contribution in [0.4, 0.5) is 10.2 Å². The number of hydrogen-bond acceptors (Lipinski definition) is 5. The minimum Gasteiger partial charge on any atom is -0.364 e. The number of piperidine rings is 1. The Kier molecular flexibility index (Phi) is 6.03. The molecule has 4 heterocycles. The fourth-order valence-corrected chi connectivity index (χ4v) is 4.76. The van der Waals surface area contributed by atoms with Gasteiger partial charge in [-0.25, -0.2) is 9.37 Å². The number of likely N-dealkylation sites (tertiary alicyclic amines) is 2. The summed E-state index contributed by atoms with van der Waals surface area (Å²) < 4.78 is 13.9. The van der Waals surface area contributed by atoms with Gasteiger partial charge < -0.3 is 10.2 Å². The number of anilines is 1. The number of nitrogens with zero attached hydrogens (tertiary/aromatic N) is 4. The standard InChI is InChI=1S/C24H29FN6O/c25-20-6-2-1-5-18(20)15-26-23-19-7-8-21(27-24(19)29-28-23)17-9-13-31(14-10-17)22(32)16-30-11-3-4-12-30/h1-2,5-8,17H,3-4,9-16H2,(H2,26,27,28,29). The molecule has 2 saturated heterocycles. The second kappa shape index (κ2) is 9.24. The Bertz CT molecular complexity index is 1090. The summed E-state index contributed by atoms with van der Waals surface area (Å²) in [5.74, 6) is 1.04. The molecule has 1 aromatic carbocycles. The number of benzene rings is 1. The van der Waals surface area contributed by atoms with Gasteiger partial charge in [-0.15, -0.1) is 0 Å². The minimum atomic E-state index is -0.231. The number of rotatable bonds is 6. The molecule has 0 bridgehead atoms. The van der Waals surface area contributed by atoms with Crippen LogP contribution in [0.3, 0.4) is 0 Å². The summed E-state index contributed by atoms with van der Waals surface area (Å²) in [4.78, 5) is 21.7. The Hall–Kier alpha value is -3.00. The van der Waals surface area contributed by atoms with Crippen LogP contribution in [0.25, 0.3) is 11.0 Å². The SMILES string of the molecule is O=C(CN1CCCC1)N1CCC(c2ccc3c(NCc4ccccc4F)n[nH]c3n2)CC1. The molecule has 0 atom stereocenters. The maximum atomic E-state index is 13.9. The summed E-state index contributed by atoms with van der Waals surface area (Å²) in [7, 11) is 0. The molecule has 0 saturated carbocycles. The van der Waals surface area contributed by atoms with Crippen molar-refractivity contribution in [2.75, 3.05) is 38.0 Å². The molecule has 2 aromatic heterocycles. The van der Waals surface area contributed by atoms with Gasteiger partial charge in [0.1, 0.15) is 5.82 Å². The number of pyridine rings is 1. The van der Waals surface area contributed by atoms with Gasteiger partial charge in [0, 0.05) is 36.8 Å². The van der Waals surface area contributed by atoms with Gasteiger partial charge in [-0.05, 0) is 57.0 Å². The summed E-state index contributed by atoms with van der Waals surface area (Å²) in [6.45, 7) is 4.59. The second-order valence-corrected chi connectivity index (χ2v) is 8.79. The summed E-state index contributed by atoms with van der Waals surface area (Å²) in [5, 5.41) is 11.4. The van der Waals surface area contributed by atoms with Crippen molar-refractivity contribution in [2.45, 2.75) is 38.1 Å². The average molecular weight is 437 g/mol. The molecule has 168 valence electrons. The first-order chi connectivity index (χ1) is 15.7. The second-order valence-electron chi connectivity index (χ2n) is 8.79. The summed E-state index contributed by atoms with van der Waals surface area (Å²) in [6, 6.07) is 10.8. The van der Waals surface area contributed by atoms with E-state index in [2.05, 4.69) is 26.5 Å². The molecule has 5 rings (SSSR count). The van der Waals surface area contributed by atoms with Crippen LogP contribution in [0, 0.1) is 5.82 Å². The van der Waals surface area contributed by atoms with Crippen molar-refractivity contribution >= 4 is 22.8 Å². The van der Waals surface area contributed by atoms with Crippen molar-refractivity contribution < 1.29 is 9.18 Å². The van der Waals surface area contributed by atoms with Crippen molar-refractivity contribution in [2.24, 2.45) is 0 Å². The van der Waals surface area contributed by atoms with Crippen LogP contribution in [-0.2, 0) is 11.3 Å². The van der Waals surface area contributed by atoms with Crippen molar-refractivity contribution in [3.05, 3.63) is 53.5 Å². The molecule has 2 N–H and O–H groups in total. The van der Waals surface area contributed by atoms with Gasteiger partial charge in [-0.3, -0.25) is 14.8 Å². The van der Waals surface area contributed by atoms with Gasteiger partial charge >= 0.3 is 0 Å². The first-order valence-electron chi connectivity index (χ1n) is 11.5. The topological polar surface area (TPSA) is 77.2 Å². The van der Waals surface area contributed by atoms with Crippen LogP contribution in [0.2, 0.25) is 0 Å². The highest BCUT2D eigenvalue weighted by atomic mass is 19.1. The lowest BCUT2D eigenvalue weighted by atomic mass is 9.93. The van der Waals surface area contributed by atoms with Crippen molar-refractivity contribution in [1.29, 1.82) is 0 Å². The molecule has 7 nitrogen and oxygen atoms in total. The van der Waals surface area contributed by atoms with Gasteiger partial charge in [-0.2, -0.15) is 5.10 Å². The first-order valence-corrected chi connectivity index (χ1v) is 11.5. The van der Waals surface area contributed by atoms with E-state index in [1.807, 2.05) is 17.0 Å². The molecule has 32 heavy (non-hydrogen) atoms. The zero-order valence-electron chi connectivity index (χ0n) is 18.2. The van der Waals surface area contributed by atoms with Crippen molar-refractivity contribution in [1.82, 2.24) is 25.0 Å². The molecule has 3 aromatic rings. The largest absolute Gasteiger partial charge is 0.364 e. The van der Waals surface area contributed by atoms with E-state index >= 15 is 0 Å². The van der Waals surface area contributed by atoms with Crippen molar-refractivity contribution in [3.8, 4) is 0 Å². The number of nitrogens with one attached hydrogen (secondary N) is 2. The first kappa shape index (κ1) is 20.9. The Balaban J connectivity index is 1.19. The lowest BCUT2D eigenvalue weighted by Crippen LogP contribution is -2.43. The summed E-state index contributed by atoms with van der Waals surface area (Å²) in [5.41, 5.74) is 2.36. The Morgan fingerprint density at radius 2 is 1.88 bits per heavy atom. The Labute approximate surface area is 187 Å². The molecular formula is C24H29FN6O. The predicted molar refractivity (Wildman–Crippen MR) is 122 cm³/mol. The molecule has 2 fully saturated rings. The molecule has 1 amide bonds. The number of H-pyrrole nitrogens is 1. The average Bonchev–Trinajstić information content (AvgIpc) is 3.48. The number of aromatic nitrogens is 3. The zero-order valence-corrected chi connectivity index (χ0v) is 18.2.